The molecule has 6 rings (SSSR count). The standard InChI is InChI=1S/C24H15N3O3S/c28-23(18-10-14-4-1-2-5-16(14)17-6-3-9-25-22(17)18)27-24-26-19(12-31-24)15-7-8-20-21(11-15)30-13-29-20/h1-12H,13H2,(H,26,27,28). The third-order valence-electron chi connectivity index (χ3n) is 5.25. The first-order chi connectivity index (χ1) is 15.3. The largest absolute Gasteiger partial charge is 0.454 e. The van der Waals surface area contributed by atoms with Gasteiger partial charge in [0, 0.05) is 22.5 Å². The maximum absolute atomic E-state index is 13.1. The van der Waals surface area contributed by atoms with Crippen molar-refractivity contribution in [3.8, 4) is 22.8 Å². The van der Waals surface area contributed by atoms with Gasteiger partial charge >= 0.3 is 0 Å². The van der Waals surface area contributed by atoms with E-state index in [-0.39, 0.29) is 12.7 Å². The van der Waals surface area contributed by atoms with Crippen molar-refractivity contribution in [2.75, 3.05) is 12.1 Å². The quantitative estimate of drug-likeness (QED) is 0.387. The molecular formula is C24H15N3O3S. The third-order valence-corrected chi connectivity index (χ3v) is 6.01. The second kappa shape index (κ2) is 7.07. The SMILES string of the molecule is O=C(Nc1nc(-c2ccc3c(c2)OCO3)cs1)c1cc2ccccc2c2cccnc12. The number of rotatable bonds is 3. The molecule has 3 heterocycles. The molecule has 31 heavy (non-hydrogen) atoms. The first kappa shape index (κ1) is 17.9. The van der Waals surface area contributed by atoms with Gasteiger partial charge in [0.05, 0.1) is 16.8 Å². The van der Waals surface area contributed by atoms with Crippen LogP contribution in [0.1, 0.15) is 10.4 Å². The number of carbonyl (C=O) groups is 1. The van der Waals surface area contributed by atoms with Crippen LogP contribution >= 0.6 is 11.3 Å². The Morgan fingerprint density at radius 3 is 2.81 bits per heavy atom. The minimum atomic E-state index is -0.235. The fraction of sp³-hybridized carbons (Fsp3) is 0.0417. The Balaban J connectivity index is 1.34. The summed E-state index contributed by atoms with van der Waals surface area (Å²) in [5, 5.41) is 8.37. The molecule has 1 N–H and O–H groups in total. The van der Waals surface area contributed by atoms with E-state index < -0.39 is 0 Å². The maximum atomic E-state index is 13.1. The molecule has 6 nitrogen and oxygen atoms in total. The van der Waals surface area contributed by atoms with E-state index in [4.69, 9.17) is 9.47 Å². The minimum Gasteiger partial charge on any atom is -0.454 e. The molecule has 1 amide bonds. The summed E-state index contributed by atoms with van der Waals surface area (Å²) in [7, 11) is 0. The van der Waals surface area contributed by atoms with E-state index in [9.17, 15) is 4.79 Å². The number of benzene rings is 3. The number of nitrogens with zero attached hydrogens (tertiary/aromatic N) is 2. The molecule has 0 saturated heterocycles. The minimum absolute atomic E-state index is 0.227. The smallest absolute Gasteiger partial charge is 0.259 e. The molecule has 1 aliphatic rings. The second-order valence-corrected chi connectivity index (χ2v) is 7.96. The number of carbonyl (C=O) groups excluding carboxylic acids is 1. The highest BCUT2D eigenvalue weighted by Crippen LogP contribution is 2.36. The molecule has 0 unspecified atom stereocenters. The van der Waals surface area contributed by atoms with Crippen molar-refractivity contribution >= 4 is 44.1 Å². The number of anilines is 1. The Bertz CT molecular complexity index is 1480. The summed E-state index contributed by atoms with van der Waals surface area (Å²) in [6, 6.07) is 19.4. The molecule has 1 aliphatic heterocycles. The molecule has 0 saturated carbocycles. The molecule has 0 fully saturated rings. The fourth-order valence-corrected chi connectivity index (χ4v) is 4.50. The van der Waals surface area contributed by atoms with Crippen LogP contribution in [0.25, 0.3) is 32.9 Å². The van der Waals surface area contributed by atoms with Gasteiger partial charge in [0.25, 0.3) is 5.91 Å². The van der Waals surface area contributed by atoms with Crippen LogP contribution in [0.15, 0.2) is 72.2 Å². The number of hydrogen-bond acceptors (Lipinski definition) is 6. The van der Waals surface area contributed by atoms with E-state index in [1.165, 1.54) is 11.3 Å². The van der Waals surface area contributed by atoms with E-state index in [1.54, 1.807) is 6.20 Å². The molecular weight excluding hydrogens is 410 g/mol. The normalized spacial score (nSPS) is 12.4. The first-order valence-corrected chi connectivity index (χ1v) is 10.6. The van der Waals surface area contributed by atoms with Crippen molar-refractivity contribution in [1.82, 2.24) is 9.97 Å². The van der Waals surface area contributed by atoms with E-state index in [2.05, 4.69) is 15.3 Å². The Kier molecular flexibility index (Phi) is 4.07. The van der Waals surface area contributed by atoms with Crippen LogP contribution < -0.4 is 14.8 Å². The predicted molar refractivity (Wildman–Crippen MR) is 121 cm³/mol. The molecule has 0 aliphatic carbocycles. The Morgan fingerprint density at radius 1 is 0.968 bits per heavy atom. The van der Waals surface area contributed by atoms with Crippen molar-refractivity contribution < 1.29 is 14.3 Å². The summed E-state index contributed by atoms with van der Waals surface area (Å²) in [5.41, 5.74) is 2.86. The lowest BCUT2D eigenvalue weighted by Crippen LogP contribution is -2.12. The lowest BCUT2D eigenvalue weighted by Gasteiger charge is -2.09. The number of amides is 1. The zero-order valence-corrected chi connectivity index (χ0v) is 17.0. The van der Waals surface area contributed by atoms with Crippen molar-refractivity contribution in [1.29, 1.82) is 0 Å². The molecule has 7 heteroatoms. The van der Waals surface area contributed by atoms with Crippen molar-refractivity contribution in [3.05, 3.63) is 77.8 Å². The second-order valence-electron chi connectivity index (χ2n) is 7.10. The van der Waals surface area contributed by atoms with Gasteiger partial charge in [-0.25, -0.2) is 4.98 Å². The number of ether oxygens (including phenoxy) is 2. The number of fused-ring (bicyclic) bond motifs is 4. The Morgan fingerprint density at radius 2 is 1.84 bits per heavy atom. The highest BCUT2D eigenvalue weighted by molar-refractivity contribution is 7.14. The Labute approximate surface area is 181 Å². The van der Waals surface area contributed by atoms with Gasteiger partial charge in [-0.15, -0.1) is 11.3 Å². The van der Waals surface area contributed by atoms with Gasteiger partial charge in [0.15, 0.2) is 16.6 Å². The summed E-state index contributed by atoms with van der Waals surface area (Å²) in [6.45, 7) is 0.227. The number of hydrogen-bond donors (Lipinski definition) is 1. The summed E-state index contributed by atoms with van der Waals surface area (Å²) < 4.78 is 10.8. The van der Waals surface area contributed by atoms with Gasteiger partial charge in [-0.05, 0) is 41.1 Å². The monoisotopic (exact) mass is 425 g/mol. The number of nitrogens with one attached hydrogen (secondary N) is 1. The van der Waals surface area contributed by atoms with Gasteiger partial charge in [0.1, 0.15) is 0 Å². The highest BCUT2D eigenvalue weighted by atomic mass is 32.1. The lowest BCUT2D eigenvalue weighted by atomic mass is 10.0. The van der Waals surface area contributed by atoms with Crippen molar-refractivity contribution in [2.24, 2.45) is 0 Å². The maximum Gasteiger partial charge on any atom is 0.259 e. The van der Waals surface area contributed by atoms with E-state index in [1.807, 2.05) is 66.0 Å². The van der Waals surface area contributed by atoms with Crippen molar-refractivity contribution in [3.63, 3.8) is 0 Å². The van der Waals surface area contributed by atoms with Gasteiger partial charge in [-0.1, -0.05) is 30.3 Å². The van der Waals surface area contributed by atoms with Gasteiger partial charge in [-0.3, -0.25) is 15.1 Å². The molecule has 0 bridgehead atoms. The van der Waals surface area contributed by atoms with Crippen LogP contribution in [0.5, 0.6) is 11.5 Å². The zero-order valence-electron chi connectivity index (χ0n) is 16.2. The zero-order chi connectivity index (χ0) is 20.8. The highest BCUT2D eigenvalue weighted by Gasteiger charge is 2.18. The summed E-state index contributed by atoms with van der Waals surface area (Å²) in [5.74, 6) is 1.19. The van der Waals surface area contributed by atoms with E-state index in [0.717, 1.165) is 33.2 Å². The van der Waals surface area contributed by atoms with Gasteiger partial charge in [0.2, 0.25) is 6.79 Å². The number of thiazole rings is 1. The third kappa shape index (κ3) is 3.06. The average Bonchev–Trinajstić information content (AvgIpc) is 3.47. The van der Waals surface area contributed by atoms with Crippen molar-refractivity contribution in [2.45, 2.75) is 0 Å². The summed E-state index contributed by atoms with van der Waals surface area (Å²) in [4.78, 5) is 22.2. The lowest BCUT2D eigenvalue weighted by molar-refractivity contribution is 0.102. The van der Waals surface area contributed by atoms with Crippen LogP contribution in [-0.4, -0.2) is 22.7 Å². The predicted octanol–water partition coefficient (Wildman–Crippen LogP) is 5.49. The molecule has 0 atom stereocenters. The molecule has 0 radical (unpaired) electrons. The van der Waals surface area contributed by atoms with E-state index in [0.29, 0.717) is 22.0 Å². The van der Waals surface area contributed by atoms with Crippen LogP contribution in [0.4, 0.5) is 5.13 Å². The fourth-order valence-electron chi connectivity index (χ4n) is 3.79. The molecule has 150 valence electrons. The van der Waals surface area contributed by atoms with Gasteiger partial charge in [-0.2, -0.15) is 0 Å². The molecule has 5 aromatic rings. The number of pyridine rings is 1. The summed E-state index contributed by atoms with van der Waals surface area (Å²) >= 11 is 1.37. The topological polar surface area (TPSA) is 73.3 Å². The first-order valence-electron chi connectivity index (χ1n) is 9.70. The van der Waals surface area contributed by atoms with E-state index >= 15 is 0 Å². The van der Waals surface area contributed by atoms with Gasteiger partial charge < -0.3 is 9.47 Å². The Hall–Kier alpha value is -3.97. The number of aromatic nitrogens is 2. The van der Waals surface area contributed by atoms with Crippen LogP contribution in [-0.2, 0) is 0 Å². The summed E-state index contributed by atoms with van der Waals surface area (Å²) in [6.07, 6.45) is 1.70. The molecule has 2 aromatic heterocycles. The van der Waals surface area contributed by atoms with Crippen LogP contribution in [0, 0.1) is 0 Å². The van der Waals surface area contributed by atoms with Crippen LogP contribution in [0.3, 0.4) is 0 Å². The molecule has 0 spiro atoms. The van der Waals surface area contributed by atoms with Crippen LogP contribution in [0.2, 0.25) is 0 Å². The average molecular weight is 425 g/mol. The molecule has 3 aromatic carbocycles.